The lowest BCUT2D eigenvalue weighted by Crippen LogP contribution is -2.22. The summed E-state index contributed by atoms with van der Waals surface area (Å²) in [5.74, 6) is 5.33. The average Bonchev–Trinajstić information content (AvgIpc) is 2.03. The number of rotatable bonds is 2. The predicted molar refractivity (Wildman–Crippen MR) is 57.7 cm³/mol. The van der Waals surface area contributed by atoms with Gasteiger partial charge in [-0.1, -0.05) is 19.8 Å². The van der Waals surface area contributed by atoms with Crippen molar-refractivity contribution in [1.82, 2.24) is 0 Å². The zero-order valence-electron chi connectivity index (χ0n) is 9.81. The van der Waals surface area contributed by atoms with Crippen LogP contribution < -0.4 is 0 Å². The summed E-state index contributed by atoms with van der Waals surface area (Å²) in [6.07, 6.45) is 1.96. The van der Waals surface area contributed by atoms with E-state index in [0.29, 0.717) is 5.92 Å². The maximum atomic E-state index is 11.2. The van der Waals surface area contributed by atoms with E-state index >= 15 is 0 Å². The molecule has 0 rings (SSSR count). The standard InChI is InChI=1S/C12H20O2/c1-6-10(7-2)8-9-11(13)14-12(3,4)5/h10H,6-7H2,1-5H3. The summed E-state index contributed by atoms with van der Waals surface area (Å²) < 4.78 is 5.06. The van der Waals surface area contributed by atoms with E-state index in [1.807, 2.05) is 20.8 Å². The molecule has 2 heteroatoms. The molecule has 0 aromatic carbocycles. The first kappa shape index (κ1) is 13.0. The zero-order valence-corrected chi connectivity index (χ0v) is 9.81. The van der Waals surface area contributed by atoms with Crippen LogP contribution in [0.3, 0.4) is 0 Å². The quantitative estimate of drug-likeness (QED) is 0.385. The van der Waals surface area contributed by atoms with Gasteiger partial charge in [-0.15, -0.1) is 0 Å². The molecule has 80 valence electrons. The predicted octanol–water partition coefficient (Wildman–Crippen LogP) is 2.77. The lowest BCUT2D eigenvalue weighted by molar-refractivity contribution is -0.147. The van der Waals surface area contributed by atoms with Crippen LogP contribution in [0.4, 0.5) is 0 Å². The monoisotopic (exact) mass is 196 g/mol. The Morgan fingerprint density at radius 2 is 1.79 bits per heavy atom. The van der Waals surface area contributed by atoms with Gasteiger partial charge >= 0.3 is 5.97 Å². The molecule has 0 aromatic heterocycles. The highest BCUT2D eigenvalue weighted by Crippen LogP contribution is 2.07. The summed E-state index contributed by atoms with van der Waals surface area (Å²) in [7, 11) is 0. The van der Waals surface area contributed by atoms with Crippen molar-refractivity contribution in [2.75, 3.05) is 0 Å². The van der Waals surface area contributed by atoms with E-state index in [-0.39, 0.29) is 0 Å². The summed E-state index contributed by atoms with van der Waals surface area (Å²) in [4.78, 5) is 11.2. The van der Waals surface area contributed by atoms with E-state index in [2.05, 4.69) is 25.7 Å². The molecule has 2 nitrogen and oxygen atoms in total. The Kier molecular flexibility index (Phi) is 5.30. The molecule has 0 aromatic rings. The highest BCUT2D eigenvalue weighted by molar-refractivity contribution is 5.88. The molecule has 0 fully saturated rings. The Bertz CT molecular complexity index is 233. The first-order valence-corrected chi connectivity index (χ1v) is 5.13. The largest absolute Gasteiger partial charge is 0.450 e. The second-order valence-corrected chi connectivity index (χ2v) is 4.28. The fraction of sp³-hybridized carbons (Fsp3) is 0.750. The molecular weight excluding hydrogens is 176 g/mol. The summed E-state index contributed by atoms with van der Waals surface area (Å²) in [5, 5.41) is 0. The van der Waals surface area contributed by atoms with Crippen molar-refractivity contribution < 1.29 is 9.53 Å². The summed E-state index contributed by atoms with van der Waals surface area (Å²) in [6.45, 7) is 9.65. The van der Waals surface area contributed by atoms with Crippen LogP contribution in [0.5, 0.6) is 0 Å². The van der Waals surface area contributed by atoms with Gasteiger partial charge in [-0.3, -0.25) is 0 Å². The normalized spacial score (nSPS) is 10.7. The molecule has 14 heavy (non-hydrogen) atoms. The fourth-order valence-corrected chi connectivity index (χ4v) is 0.957. The topological polar surface area (TPSA) is 26.3 Å². The van der Waals surface area contributed by atoms with Crippen LogP contribution in [0.1, 0.15) is 47.5 Å². The van der Waals surface area contributed by atoms with Gasteiger partial charge in [-0.2, -0.15) is 0 Å². The molecule has 0 saturated heterocycles. The zero-order chi connectivity index (χ0) is 11.2. The number of carbonyl (C=O) groups excluding carboxylic acids is 1. The van der Waals surface area contributed by atoms with Crippen molar-refractivity contribution >= 4 is 5.97 Å². The van der Waals surface area contributed by atoms with Crippen LogP contribution >= 0.6 is 0 Å². The highest BCUT2D eigenvalue weighted by atomic mass is 16.6. The van der Waals surface area contributed by atoms with Gasteiger partial charge in [0.2, 0.25) is 0 Å². The maximum Gasteiger partial charge on any atom is 0.384 e. The molecule has 0 N–H and O–H groups in total. The van der Waals surface area contributed by atoms with Crippen molar-refractivity contribution in [3.05, 3.63) is 0 Å². The summed E-state index contributed by atoms with van der Waals surface area (Å²) in [6, 6.07) is 0. The number of ether oxygens (including phenoxy) is 1. The number of hydrogen-bond donors (Lipinski definition) is 0. The number of hydrogen-bond acceptors (Lipinski definition) is 2. The van der Waals surface area contributed by atoms with E-state index in [1.165, 1.54) is 0 Å². The third-order valence-electron chi connectivity index (χ3n) is 1.76. The Morgan fingerprint density at radius 1 is 1.29 bits per heavy atom. The van der Waals surface area contributed by atoms with Crippen LogP contribution in [0.15, 0.2) is 0 Å². The molecule has 0 unspecified atom stereocenters. The first-order valence-electron chi connectivity index (χ1n) is 5.13. The van der Waals surface area contributed by atoms with Gasteiger partial charge in [-0.25, -0.2) is 4.79 Å². The molecule has 0 bridgehead atoms. The molecular formula is C12H20O2. The van der Waals surface area contributed by atoms with Crippen molar-refractivity contribution in [2.24, 2.45) is 5.92 Å². The van der Waals surface area contributed by atoms with Crippen LogP contribution in [0.25, 0.3) is 0 Å². The van der Waals surface area contributed by atoms with Gasteiger partial charge in [0, 0.05) is 11.8 Å². The van der Waals surface area contributed by atoms with Crippen LogP contribution in [-0.2, 0) is 9.53 Å². The summed E-state index contributed by atoms with van der Waals surface area (Å²) >= 11 is 0. The molecule has 0 aliphatic rings. The van der Waals surface area contributed by atoms with Crippen molar-refractivity contribution in [3.63, 3.8) is 0 Å². The smallest absolute Gasteiger partial charge is 0.384 e. The minimum absolute atomic E-state index is 0.308. The maximum absolute atomic E-state index is 11.2. The first-order chi connectivity index (χ1) is 6.39. The van der Waals surface area contributed by atoms with Gasteiger partial charge in [0.1, 0.15) is 5.60 Å². The Balaban J connectivity index is 4.16. The van der Waals surface area contributed by atoms with E-state index in [9.17, 15) is 4.79 Å². The molecule has 0 aliphatic carbocycles. The number of esters is 1. The van der Waals surface area contributed by atoms with Gasteiger partial charge in [0.15, 0.2) is 0 Å². The van der Waals surface area contributed by atoms with Crippen molar-refractivity contribution in [2.45, 2.75) is 53.1 Å². The molecule has 0 atom stereocenters. The van der Waals surface area contributed by atoms with E-state index < -0.39 is 11.6 Å². The van der Waals surface area contributed by atoms with E-state index in [4.69, 9.17) is 4.74 Å². The fourth-order valence-electron chi connectivity index (χ4n) is 0.957. The highest BCUT2D eigenvalue weighted by Gasteiger charge is 2.14. The Hall–Kier alpha value is -0.970. The molecule has 0 radical (unpaired) electrons. The Morgan fingerprint density at radius 3 is 2.14 bits per heavy atom. The molecule has 0 aliphatic heterocycles. The average molecular weight is 196 g/mol. The van der Waals surface area contributed by atoms with E-state index in [0.717, 1.165) is 12.8 Å². The second kappa shape index (κ2) is 5.70. The van der Waals surface area contributed by atoms with Crippen LogP contribution in [0, 0.1) is 17.8 Å². The lowest BCUT2D eigenvalue weighted by Gasteiger charge is -2.17. The second-order valence-electron chi connectivity index (χ2n) is 4.28. The lowest BCUT2D eigenvalue weighted by atomic mass is 10.1. The third-order valence-corrected chi connectivity index (χ3v) is 1.76. The van der Waals surface area contributed by atoms with Gasteiger partial charge in [0.05, 0.1) is 0 Å². The van der Waals surface area contributed by atoms with Crippen LogP contribution in [-0.4, -0.2) is 11.6 Å². The molecule has 0 saturated carbocycles. The van der Waals surface area contributed by atoms with Crippen LogP contribution in [0.2, 0.25) is 0 Å². The molecule has 0 heterocycles. The molecule has 0 spiro atoms. The van der Waals surface area contributed by atoms with Crippen molar-refractivity contribution in [3.8, 4) is 11.8 Å². The number of carbonyl (C=O) groups is 1. The van der Waals surface area contributed by atoms with Gasteiger partial charge in [-0.05, 0) is 33.6 Å². The van der Waals surface area contributed by atoms with Crippen molar-refractivity contribution in [1.29, 1.82) is 0 Å². The van der Waals surface area contributed by atoms with Gasteiger partial charge < -0.3 is 4.74 Å². The van der Waals surface area contributed by atoms with Gasteiger partial charge in [0.25, 0.3) is 0 Å². The summed E-state index contributed by atoms with van der Waals surface area (Å²) in [5.41, 5.74) is -0.445. The third kappa shape index (κ3) is 6.54. The molecule has 0 amide bonds. The minimum atomic E-state index is -0.445. The van der Waals surface area contributed by atoms with E-state index in [1.54, 1.807) is 0 Å². The minimum Gasteiger partial charge on any atom is -0.450 e. The Labute approximate surface area is 87.0 Å². The SMILES string of the molecule is CCC(C#CC(=O)OC(C)(C)C)CC.